The lowest BCUT2D eigenvalue weighted by Gasteiger charge is -2.38. The van der Waals surface area contributed by atoms with Gasteiger partial charge in [-0.2, -0.15) is 0 Å². The summed E-state index contributed by atoms with van der Waals surface area (Å²) in [6.45, 7) is 6.98. The number of carbonyl (C=O) groups is 1. The van der Waals surface area contributed by atoms with Gasteiger partial charge in [-0.15, -0.1) is 0 Å². The zero-order valence-corrected chi connectivity index (χ0v) is 11.1. The molecule has 1 aromatic rings. The van der Waals surface area contributed by atoms with Crippen molar-refractivity contribution < 1.29 is 19.7 Å². The van der Waals surface area contributed by atoms with Crippen LogP contribution in [-0.2, 0) is 11.2 Å². The molecule has 1 aromatic carbocycles. The second-order valence-electron chi connectivity index (χ2n) is 5.15. The predicted octanol–water partition coefficient (Wildman–Crippen LogP) is 1.15. The monoisotopic (exact) mass is 249 g/mol. The maximum atomic E-state index is 11.1. The van der Waals surface area contributed by atoms with Crippen LogP contribution in [0.1, 0.15) is 35.6 Å². The first-order valence-corrected chi connectivity index (χ1v) is 6.00. The van der Waals surface area contributed by atoms with Gasteiger partial charge in [-0.25, -0.2) is 0 Å². The number of benzene rings is 1. The van der Waals surface area contributed by atoms with Crippen LogP contribution in [0.5, 0.6) is 11.5 Å². The van der Waals surface area contributed by atoms with E-state index in [0.29, 0.717) is 18.6 Å². The highest BCUT2D eigenvalue weighted by molar-refractivity contribution is 5.76. The summed E-state index contributed by atoms with van der Waals surface area (Å²) in [7, 11) is 0. The van der Waals surface area contributed by atoms with Gasteiger partial charge in [-0.05, 0) is 57.2 Å². The number of aliphatic carboxylic acids is 1. The molecule has 4 nitrogen and oxygen atoms in total. The largest absolute Gasteiger partial charge is 0.546 e. The molecule has 0 fully saturated rings. The number of carbonyl (C=O) groups excluding carboxylic acids is 1. The van der Waals surface area contributed by atoms with Gasteiger partial charge in [0.15, 0.2) is 0 Å². The van der Waals surface area contributed by atoms with E-state index in [1.54, 1.807) is 6.92 Å². The van der Waals surface area contributed by atoms with E-state index in [4.69, 9.17) is 4.74 Å². The van der Waals surface area contributed by atoms with Crippen LogP contribution in [0, 0.1) is 20.8 Å². The summed E-state index contributed by atoms with van der Waals surface area (Å²) in [5.74, 6) is -0.344. The van der Waals surface area contributed by atoms with E-state index in [1.165, 1.54) is 6.92 Å². The molecule has 0 saturated heterocycles. The van der Waals surface area contributed by atoms with E-state index in [-0.39, 0.29) is 5.75 Å². The fourth-order valence-electron chi connectivity index (χ4n) is 2.39. The van der Waals surface area contributed by atoms with Gasteiger partial charge >= 0.3 is 0 Å². The minimum absolute atomic E-state index is 0.270. The Morgan fingerprint density at radius 1 is 1.28 bits per heavy atom. The van der Waals surface area contributed by atoms with E-state index in [9.17, 15) is 15.0 Å². The van der Waals surface area contributed by atoms with E-state index >= 15 is 0 Å². The van der Waals surface area contributed by atoms with Crippen molar-refractivity contribution in [1.82, 2.24) is 0 Å². The SMILES string of the molecule is Cc1c(C)c2c(c(C)c1O)CCC(C)(C(=O)[O-])O2. The van der Waals surface area contributed by atoms with Crippen LogP contribution in [-0.4, -0.2) is 16.7 Å². The van der Waals surface area contributed by atoms with Gasteiger partial charge in [0.1, 0.15) is 17.1 Å². The van der Waals surface area contributed by atoms with E-state index in [1.807, 2.05) is 13.8 Å². The molecular weight excluding hydrogens is 232 g/mol. The van der Waals surface area contributed by atoms with Gasteiger partial charge < -0.3 is 19.7 Å². The summed E-state index contributed by atoms with van der Waals surface area (Å²) in [4.78, 5) is 11.1. The maximum Gasteiger partial charge on any atom is 0.146 e. The molecule has 98 valence electrons. The number of carboxylic acid groups (broad SMARTS) is 1. The molecule has 18 heavy (non-hydrogen) atoms. The highest BCUT2D eigenvalue weighted by atomic mass is 16.5. The van der Waals surface area contributed by atoms with Gasteiger partial charge in [0.25, 0.3) is 0 Å². The Morgan fingerprint density at radius 3 is 2.44 bits per heavy atom. The van der Waals surface area contributed by atoms with Crippen molar-refractivity contribution in [2.24, 2.45) is 0 Å². The van der Waals surface area contributed by atoms with Crippen LogP contribution in [0.25, 0.3) is 0 Å². The van der Waals surface area contributed by atoms with Crippen LogP contribution in [0.3, 0.4) is 0 Å². The topological polar surface area (TPSA) is 69.6 Å². The molecule has 0 aromatic heterocycles. The first-order chi connectivity index (χ1) is 8.28. The van der Waals surface area contributed by atoms with Crippen LogP contribution in [0.4, 0.5) is 0 Å². The molecule has 1 N–H and O–H groups in total. The number of hydrogen-bond acceptors (Lipinski definition) is 4. The molecule has 1 aliphatic heterocycles. The molecule has 1 atom stereocenters. The van der Waals surface area contributed by atoms with Crippen LogP contribution in [0.2, 0.25) is 0 Å². The van der Waals surface area contributed by atoms with Crippen molar-refractivity contribution in [3.63, 3.8) is 0 Å². The smallest absolute Gasteiger partial charge is 0.146 e. The Balaban J connectivity index is 2.61. The van der Waals surface area contributed by atoms with E-state index in [2.05, 4.69) is 0 Å². The highest BCUT2D eigenvalue weighted by Gasteiger charge is 2.35. The summed E-state index contributed by atoms with van der Waals surface area (Å²) in [5.41, 5.74) is 1.91. The maximum absolute atomic E-state index is 11.1. The lowest BCUT2D eigenvalue weighted by atomic mass is 9.87. The number of ether oxygens (including phenoxy) is 1. The number of rotatable bonds is 1. The summed E-state index contributed by atoms with van der Waals surface area (Å²) in [5, 5.41) is 21.1. The summed E-state index contributed by atoms with van der Waals surface area (Å²) in [6.07, 6.45) is 0.922. The lowest BCUT2D eigenvalue weighted by molar-refractivity contribution is -0.322. The van der Waals surface area contributed by atoms with Crippen molar-refractivity contribution in [1.29, 1.82) is 0 Å². The molecule has 1 aliphatic rings. The quantitative estimate of drug-likeness (QED) is 0.810. The van der Waals surface area contributed by atoms with Gasteiger partial charge in [-0.3, -0.25) is 0 Å². The minimum Gasteiger partial charge on any atom is -0.546 e. The average Bonchev–Trinajstić information content (AvgIpc) is 2.33. The molecular formula is C14H17O4-. The molecule has 0 saturated carbocycles. The normalized spacial score (nSPS) is 22.2. The highest BCUT2D eigenvalue weighted by Crippen LogP contribution is 2.43. The molecule has 2 rings (SSSR count). The first-order valence-electron chi connectivity index (χ1n) is 6.00. The Hall–Kier alpha value is -1.71. The number of aromatic hydroxyl groups is 1. The molecule has 1 heterocycles. The van der Waals surface area contributed by atoms with E-state index in [0.717, 1.165) is 22.3 Å². The molecule has 0 radical (unpaired) electrons. The number of fused-ring (bicyclic) bond motifs is 1. The van der Waals surface area contributed by atoms with Crippen molar-refractivity contribution in [2.75, 3.05) is 0 Å². The number of hydrogen-bond donors (Lipinski definition) is 1. The third-order valence-electron chi connectivity index (χ3n) is 3.95. The van der Waals surface area contributed by atoms with E-state index < -0.39 is 11.6 Å². The van der Waals surface area contributed by atoms with Crippen LogP contribution in [0.15, 0.2) is 0 Å². The van der Waals surface area contributed by atoms with Crippen molar-refractivity contribution in [3.8, 4) is 11.5 Å². The summed E-state index contributed by atoms with van der Waals surface area (Å²) >= 11 is 0. The predicted molar refractivity (Wildman–Crippen MR) is 64.7 cm³/mol. The van der Waals surface area contributed by atoms with Gasteiger partial charge in [0, 0.05) is 5.56 Å². The third kappa shape index (κ3) is 1.64. The Labute approximate surface area is 106 Å². The third-order valence-corrected chi connectivity index (χ3v) is 3.95. The summed E-state index contributed by atoms with van der Waals surface area (Å²) in [6, 6.07) is 0. The fourth-order valence-corrected chi connectivity index (χ4v) is 2.39. The van der Waals surface area contributed by atoms with Crippen LogP contribution >= 0.6 is 0 Å². The zero-order chi connectivity index (χ0) is 13.7. The first kappa shape index (κ1) is 12.7. The fraction of sp³-hybridized carbons (Fsp3) is 0.500. The minimum atomic E-state index is -1.28. The molecule has 0 bridgehead atoms. The Morgan fingerprint density at radius 2 is 1.89 bits per heavy atom. The molecule has 0 spiro atoms. The van der Waals surface area contributed by atoms with Gasteiger partial charge in [0.2, 0.25) is 0 Å². The second-order valence-corrected chi connectivity index (χ2v) is 5.15. The number of carboxylic acids is 1. The lowest BCUT2D eigenvalue weighted by Crippen LogP contribution is -2.52. The molecule has 0 aliphatic carbocycles. The second kappa shape index (κ2) is 3.90. The molecule has 1 unspecified atom stereocenters. The molecule has 4 heteroatoms. The summed E-state index contributed by atoms with van der Waals surface area (Å²) < 4.78 is 5.66. The van der Waals surface area contributed by atoms with Crippen LogP contribution < -0.4 is 9.84 Å². The zero-order valence-electron chi connectivity index (χ0n) is 11.1. The molecule has 0 amide bonds. The standard InChI is InChI=1S/C14H18O4/c1-7-8(2)12-10(9(3)11(7)15)5-6-14(4,18-12)13(16)17/h15H,5-6H2,1-4H3,(H,16,17)/p-1. The average molecular weight is 249 g/mol. The van der Waals surface area contributed by atoms with Crippen molar-refractivity contribution >= 4 is 5.97 Å². The van der Waals surface area contributed by atoms with Gasteiger partial charge in [0.05, 0.1) is 5.97 Å². The Kier molecular flexibility index (Phi) is 2.76. The van der Waals surface area contributed by atoms with Gasteiger partial charge in [-0.1, -0.05) is 0 Å². The number of phenolic OH excluding ortho intramolecular Hbond substituents is 1. The van der Waals surface area contributed by atoms with Crippen molar-refractivity contribution in [2.45, 2.75) is 46.1 Å². The van der Waals surface area contributed by atoms with Crippen molar-refractivity contribution in [3.05, 3.63) is 22.3 Å². The number of phenols is 1. The Bertz CT molecular complexity index is 533.